The molecule has 2 aromatic rings. The predicted octanol–water partition coefficient (Wildman–Crippen LogP) is 4.40. The molecule has 1 aromatic carbocycles. The lowest BCUT2D eigenvalue weighted by atomic mass is 10.2. The Hall–Kier alpha value is -1.76. The smallest absolute Gasteiger partial charge is 0.422 e. The minimum Gasteiger partial charge on any atom is -0.468 e. The first kappa shape index (κ1) is 15.6. The van der Waals surface area contributed by atoms with E-state index >= 15 is 0 Å². The number of nitrogens with one attached hydrogen (secondary N) is 1. The van der Waals surface area contributed by atoms with Gasteiger partial charge in [0.25, 0.3) is 0 Å². The maximum Gasteiger partial charge on any atom is 0.422 e. The number of alkyl halides is 3. The van der Waals surface area contributed by atoms with Crippen LogP contribution in [0.15, 0.2) is 47.1 Å². The molecule has 1 N–H and O–H groups in total. The van der Waals surface area contributed by atoms with Gasteiger partial charge in [-0.05, 0) is 23.8 Å². The van der Waals surface area contributed by atoms with E-state index in [-0.39, 0.29) is 5.88 Å². The molecule has 112 valence electrons. The molecule has 0 aliphatic carbocycles. The van der Waals surface area contributed by atoms with Crippen molar-refractivity contribution in [2.45, 2.75) is 12.7 Å². The van der Waals surface area contributed by atoms with Crippen molar-refractivity contribution >= 4 is 21.6 Å². The van der Waals surface area contributed by atoms with Crippen LogP contribution < -0.4 is 10.1 Å². The van der Waals surface area contributed by atoms with Gasteiger partial charge < -0.3 is 10.1 Å². The zero-order valence-corrected chi connectivity index (χ0v) is 12.4. The number of hydrogen-bond acceptors (Lipinski definition) is 3. The number of ether oxygens (including phenoxy) is 1. The summed E-state index contributed by atoms with van der Waals surface area (Å²) in [6.07, 6.45) is -2.93. The molecule has 0 atom stereocenters. The van der Waals surface area contributed by atoms with Crippen molar-refractivity contribution in [2.24, 2.45) is 0 Å². The third kappa shape index (κ3) is 5.63. The highest BCUT2D eigenvalue weighted by atomic mass is 79.9. The van der Waals surface area contributed by atoms with Crippen molar-refractivity contribution in [1.29, 1.82) is 0 Å². The number of anilines is 1. The third-order valence-electron chi connectivity index (χ3n) is 2.51. The first-order valence-electron chi connectivity index (χ1n) is 6.06. The van der Waals surface area contributed by atoms with Crippen molar-refractivity contribution in [2.75, 3.05) is 11.9 Å². The fraction of sp³-hybridized carbons (Fsp3) is 0.214. The van der Waals surface area contributed by atoms with Crippen LogP contribution in [-0.4, -0.2) is 17.8 Å². The first-order valence-corrected chi connectivity index (χ1v) is 6.85. The second-order valence-corrected chi connectivity index (χ2v) is 5.19. The highest BCUT2D eigenvalue weighted by Crippen LogP contribution is 2.18. The molecule has 0 saturated heterocycles. The van der Waals surface area contributed by atoms with Gasteiger partial charge in [-0.15, -0.1) is 0 Å². The number of halogens is 4. The Morgan fingerprint density at radius 3 is 2.62 bits per heavy atom. The van der Waals surface area contributed by atoms with E-state index in [1.807, 2.05) is 24.3 Å². The Morgan fingerprint density at radius 2 is 2.00 bits per heavy atom. The molecule has 21 heavy (non-hydrogen) atoms. The van der Waals surface area contributed by atoms with E-state index in [2.05, 4.69) is 31.0 Å². The molecular weight excluding hydrogens is 349 g/mol. The van der Waals surface area contributed by atoms with E-state index in [1.54, 1.807) is 6.07 Å². The molecule has 7 heteroatoms. The maximum absolute atomic E-state index is 12.0. The molecule has 0 amide bonds. The van der Waals surface area contributed by atoms with E-state index in [1.165, 1.54) is 12.3 Å². The molecule has 0 radical (unpaired) electrons. The molecule has 1 aromatic heterocycles. The monoisotopic (exact) mass is 360 g/mol. The summed E-state index contributed by atoms with van der Waals surface area (Å²) in [5.41, 5.74) is 1.77. The van der Waals surface area contributed by atoms with Crippen LogP contribution in [0.2, 0.25) is 0 Å². The van der Waals surface area contributed by atoms with Crippen LogP contribution in [0.25, 0.3) is 0 Å². The molecule has 0 aliphatic heterocycles. The summed E-state index contributed by atoms with van der Waals surface area (Å²) >= 11 is 3.38. The van der Waals surface area contributed by atoms with Crippen LogP contribution in [0, 0.1) is 0 Å². The van der Waals surface area contributed by atoms with Gasteiger partial charge in [0.1, 0.15) is 0 Å². The maximum atomic E-state index is 12.0. The van der Waals surface area contributed by atoms with E-state index < -0.39 is 12.8 Å². The number of pyridine rings is 1. The first-order chi connectivity index (χ1) is 9.92. The van der Waals surface area contributed by atoms with Gasteiger partial charge in [0.05, 0.1) is 11.9 Å². The Balaban J connectivity index is 1.87. The number of benzene rings is 1. The Kier molecular flexibility index (Phi) is 5.06. The standard InChI is InChI=1S/C14H12BrF3N2O/c15-11-3-1-2-10(6-11)7-19-12-4-5-13(20-8-12)21-9-14(16,17)18/h1-6,8,19H,7,9H2. The lowest BCUT2D eigenvalue weighted by Gasteiger charge is -2.10. The zero-order chi connectivity index (χ0) is 15.3. The van der Waals surface area contributed by atoms with Crippen LogP contribution >= 0.6 is 15.9 Å². The molecular formula is C14H12BrF3N2O. The van der Waals surface area contributed by atoms with Gasteiger partial charge in [-0.1, -0.05) is 28.1 Å². The van der Waals surface area contributed by atoms with Gasteiger partial charge in [-0.25, -0.2) is 4.98 Å². The Bertz CT molecular complexity index is 588. The van der Waals surface area contributed by atoms with Crippen molar-refractivity contribution in [1.82, 2.24) is 4.98 Å². The average Bonchev–Trinajstić information content (AvgIpc) is 2.43. The average molecular weight is 361 g/mol. The van der Waals surface area contributed by atoms with Gasteiger partial charge in [-0.2, -0.15) is 13.2 Å². The largest absolute Gasteiger partial charge is 0.468 e. The molecule has 0 aliphatic rings. The van der Waals surface area contributed by atoms with Gasteiger partial charge in [0.2, 0.25) is 5.88 Å². The van der Waals surface area contributed by atoms with Crippen molar-refractivity contribution in [3.05, 3.63) is 52.6 Å². The van der Waals surface area contributed by atoms with Crippen LogP contribution in [0.3, 0.4) is 0 Å². The Labute approximate surface area is 128 Å². The summed E-state index contributed by atoms with van der Waals surface area (Å²) in [6.45, 7) is -0.755. The molecule has 0 fully saturated rings. The zero-order valence-electron chi connectivity index (χ0n) is 10.8. The molecule has 1 heterocycles. The van der Waals surface area contributed by atoms with Gasteiger partial charge in [-0.3, -0.25) is 0 Å². The van der Waals surface area contributed by atoms with E-state index in [0.29, 0.717) is 12.2 Å². The molecule has 2 rings (SSSR count). The summed E-state index contributed by atoms with van der Waals surface area (Å²) in [5.74, 6) is -0.0552. The highest BCUT2D eigenvalue weighted by Gasteiger charge is 2.28. The summed E-state index contributed by atoms with van der Waals surface area (Å²) in [4.78, 5) is 3.82. The minimum atomic E-state index is -4.36. The third-order valence-corrected chi connectivity index (χ3v) is 3.00. The summed E-state index contributed by atoms with van der Waals surface area (Å²) in [6, 6.07) is 10.8. The Morgan fingerprint density at radius 1 is 1.19 bits per heavy atom. The van der Waals surface area contributed by atoms with Crippen molar-refractivity contribution in [3.63, 3.8) is 0 Å². The predicted molar refractivity (Wildman–Crippen MR) is 77.3 cm³/mol. The fourth-order valence-corrected chi connectivity index (χ4v) is 2.02. The SMILES string of the molecule is FC(F)(F)COc1ccc(NCc2cccc(Br)c2)cn1. The topological polar surface area (TPSA) is 34.1 Å². The van der Waals surface area contributed by atoms with Crippen LogP contribution in [-0.2, 0) is 6.54 Å². The molecule has 0 unspecified atom stereocenters. The van der Waals surface area contributed by atoms with Crippen LogP contribution in [0.4, 0.5) is 18.9 Å². The van der Waals surface area contributed by atoms with Gasteiger partial charge >= 0.3 is 6.18 Å². The number of nitrogens with zero attached hydrogens (tertiary/aromatic N) is 1. The second-order valence-electron chi connectivity index (χ2n) is 4.27. The minimum absolute atomic E-state index is 0.0552. The van der Waals surface area contributed by atoms with Gasteiger partial charge in [0, 0.05) is 17.1 Å². The van der Waals surface area contributed by atoms with Crippen molar-refractivity contribution in [3.8, 4) is 5.88 Å². The highest BCUT2D eigenvalue weighted by molar-refractivity contribution is 9.10. The fourth-order valence-electron chi connectivity index (χ4n) is 1.58. The molecule has 0 spiro atoms. The summed E-state index contributed by atoms with van der Waals surface area (Å²) in [5, 5.41) is 3.13. The van der Waals surface area contributed by atoms with Crippen LogP contribution in [0.5, 0.6) is 5.88 Å². The summed E-state index contributed by atoms with van der Waals surface area (Å²) < 4.78 is 41.5. The number of rotatable bonds is 5. The van der Waals surface area contributed by atoms with E-state index in [9.17, 15) is 13.2 Å². The quantitative estimate of drug-likeness (QED) is 0.858. The lowest BCUT2D eigenvalue weighted by molar-refractivity contribution is -0.154. The van der Waals surface area contributed by atoms with Crippen molar-refractivity contribution < 1.29 is 17.9 Å². The van der Waals surface area contributed by atoms with Crippen LogP contribution in [0.1, 0.15) is 5.56 Å². The number of aromatic nitrogens is 1. The van der Waals surface area contributed by atoms with E-state index in [4.69, 9.17) is 0 Å². The lowest BCUT2D eigenvalue weighted by Crippen LogP contribution is -2.19. The summed E-state index contributed by atoms with van der Waals surface area (Å²) in [7, 11) is 0. The second kappa shape index (κ2) is 6.80. The molecule has 3 nitrogen and oxygen atoms in total. The molecule has 0 saturated carbocycles. The van der Waals surface area contributed by atoms with E-state index in [0.717, 1.165) is 10.0 Å². The molecule has 0 bridgehead atoms. The van der Waals surface area contributed by atoms with Gasteiger partial charge in [0.15, 0.2) is 6.61 Å². The number of hydrogen-bond donors (Lipinski definition) is 1. The normalized spacial score (nSPS) is 11.2.